The predicted octanol–water partition coefficient (Wildman–Crippen LogP) is 2.44. The minimum Gasteiger partial charge on any atom is -0.493 e. The molecule has 1 aromatic carbocycles. The van der Waals surface area contributed by atoms with Gasteiger partial charge < -0.3 is 14.2 Å². The molecule has 1 fully saturated rings. The highest BCUT2D eigenvalue weighted by molar-refractivity contribution is 7.99. The van der Waals surface area contributed by atoms with E-state index in [0.717, 1.165) is 11.3 Å². The summed E-state index contributed by atoms with van der Waals surface area (Å²) in [5, 5.41) is 3.81. The Hall–Kier alpha value is -1.07. The van der Waals surface area contributed by atoms with Crippen LogP contribution in [0.3, 0.4) is 0 Å². The molecule has 0 aliphatic carbocycles. The lowest BCUT2D eigenvalue weighted by atomic mass is 10.1. The first kappa shape index (κ1) is 13.4. The molecule has 18 heavy (non-hydrogen) atoms. The summed E-state index contributed by atoms with van der Waals surface area (Å²) in [5.74, 6) is 3.16. The quantitative estimate of drug-likeness (QED) is 0.909. The monoisotopic (exact) mass is 269 g/mol. The number of methoxy groups -OCH3 is 3. The van der Waals surface area contributed by atoms with Gasteiger partial charge in [-0.3, -0.25) is 5.32 Å². The van der Waals surface area contributed by atoms with E-state index in [4.69, 9.17) is 14.2 Å². The van der Waals surface area contributed by atoms with Crippen LogP contribution in [0.25, 0.3) is 0 Å². The van der Waals surface area contributed by atoms with E-state index in [1.165, 1.54) is 0 Å². The van der Waals surface area contributed by atoms with Gasteiger partial charge in [0.25, 0.3) is 0 Å². The molecule has 2 atom stereocenters. The van der Waals surface area contributed by atoms with Crippen molar-refractivity contribution < 1.29 is 14.2 Å². The molecule has 0 radical (unpaired) electrons. The lowest BCUT2D eigenvalue weighted by Gasteiger charge is -2.17. The zero-order valence-electron chi connectivity index (χ0n) is 11.1. The average molecular weight is 269 g/mol. The Morgan fingerprint density at radius 2 is 1.72 bits per heavy atom. The van der Waals surface area contributed by atoms with E-state index in [-0.39, 0.29) is 5.37 Å². The van der Waals surface area contributed by atoms with Crippen molar-refractivity contribution in [2.24, 2.45) is 0 Å². The first-order chi connectivity index (χ1) is 8.69. The Balaban J connectivity index is 2.37. The fourth-order valence-electron chi connectivity index (χ4n) is 2.04. The molecule has 100 valence electrons. The maximum Gasteiger partial charge on any atom is 0.203 e. The Bertz CT molecular complexity index is 400. The maximum atomic E-state index is 5.36. The van der Waals surface area contributed by atoms with E-state index in [1.54, 1.807) is 21.3 Å². The molecule has 0 saturated carbocycles. The number of nitrogens with one attached hydrogen (secondary N) is 1. The molecule has 1 N–H and O–H groups in total. The molecule has 5 heteroatoms. The van der Waals surface area contributed by atoms with Crippen LogP contribution in [0.15, 0.2) is 12.1 Å². The number of hydrogen-bond acceptors (Lipinski definition) is 5. The molecule has 4 nitrogen and oxygen atoms in total. The summed E-state index contributed by atoms with van der Waals surface area (Å²) in [6.07, 6.45) is 0. The standard InChI is InChI=1S/C13H19NO3S/c1-8-7-18-13(14-8)9-5-10(15-2)12(17-4)11(6-9)16-3/h5-6,8,13-14H,7H2,1-4H3. The van der Waals surface area contributed by atoms with Crippen molar-refractivity contribution >= 4 is 11.8 Å². The SMILES string of the molecule is COc1cc(C2NC(C)CS2)cc(OC)c1OC. The van der Waals surface area contributed by atoms with Gasteiger partial charge in [0.05, 0.1) is 26.7 Å². The highest BCUT2D eigenvalue weighted by Gasteiger charge is 2.25. The summed E-state index contributed by atoms with van der Waals surface area (Å²) >= 11 is 1.89. The van der Waals surface area contributed by atoms with Crippen molar-refractivity contribution in [1.29, 1.82) is 0 Å². The Morgan fingerprint density at radius 3 is 2.11 bits per heavy atom. The largest absolute Gasteiger partial charge is 0.493 e. The number of rotatable bonds is 4. The summed E-state index contributed by atoms with van der Waals surface area (Å²) in [6.45, 7) is 2.19. The fraction of sp³-hybridized carbons (Fsp3) is 0.538. The topological polar surface area (TPSA) is 39.7 Å². The van der Waals surface area contributed by atoms with Crippen molar-refractivity contribution in [2.45, 2.75) is 18.3 Å². The van der Waals surface area contributed by atoms with Crippen LogP contribution in [0.1, 0.15) is 17.9 Å². The van der Waals surface area contributed by atoms with E-state index >= 15 is 0 Å². The summed E-state index contributed by atoms with van der Waals surface area (Å²) in [4.78, 5) is 0. The second-order valence-electron chi connectivity index (χ2n) is 4.24. The van der Waals surface area contributed by atoms with Gasteiger partial charge in [0.15, 0.2) is 11.5 Å². The zero-order valence-corrected chi connectivity index (χ0v) is 12.0. The summed E-state index contributed by atoms with van der Waals surface area (Å²) in [5.41, 5.74) is 1.15. The minimum absolute atomic E-state index is 0.286. The summed E-state index contributed by atoms with van der Waals surface area (Å²) in [6, 6.07) is 4.53. The van der Waals surface area contributed by atoms with Crippen molar-refractivity contribution in [3.8, 4) is 17.2 Å². The predicted molar refractivity (Wildman–Crippen MR) is 73.9 cm³/mol. The number of thioether (sulfide) groups is 1. The number of hydrogen-bond donors (Lipinski definition) is 1. The van der Waals surface area contributed by atoms with Crippen LogP contribution in [0, 0.1) is 0 Å². The van der Waals surface area contributed by atoms with Crippen molar-refractivity contribution in [3.63, 3.8) is 0 Å². The molecule has 1 heterocycles. The van der Waals surface area contributed by atoms with Crippen LogP contribution in [-0.2, 0) is 0 Å². The molecule has 1 aliphatic heterocycles. The molecule has 1 aromatic rings. The van der Waals surface area contributed by atoms with Crippen LogP contribution < -0.4 is 19.5 Å². The van der Waals surface area contributed by atoms with Gasteiger partial charge in [-0.15, -0.1) is 11.8 Å². The van der Waals surface area contributed by atoms with Gasteiger partial charge in [-0.1, -0.05) is 0 Å². The van der Waals surface area contributed by atoms with E-state index in [1.807, 2.05) is 23.9 Å². The Kier molecular flexibility index (Phi) is 4.24. The lowest BCUT2D eigenvalue weighted by Crippen LogP contribution is -2.22. The van der Waals surface area contributed by atoms with E-state index in [2.05, 4.69) is 12.2 Å². The highest BCUT2D eigenvalue weighted by atomic mass is 32.2. The third-order valence-electron chi connectivity index (χ3n) is 2.94. The summed E-state index contributed by atoms with van der Waals surface area (Å²) < 4.78 is 16.0. The van der Waals surface area contributed by atoms with Gasteiger partial charge in [0.2, 0.25) is 5.75 Å². The van der Waals surface area contributed by atoms with Crippen LogP contribution in [-0.4, -0.2) is 33.1 Å². The summed E-state index contributed by atoms with van der Waals surface area (Å²) in [7, 11) is 4.89. The first-order valence-electron chi connectivity index (χ1n) is 5.87. The molecule has 0 aromatic heterocycles. The highest BCUT2D eigenvalue weighted by Crippen LogP contribution is 2.43. The zero-order chi connectivity index (χ0) is 13.1. The van der Waals surface area contributed by atoms with Crippen LogP contribution in [0.2, 0.25) is 0 Å². The molecule has 0 amide bonds. The smallest absolute Gasteiger partial charge is 0.203 e. The second kappa shape index (κ2) is 5.71. The van der Waals surface area contributed by atoms with E-state index in [9.17, 15) is 0 Å². The first-order valence-corrected chi connectivity index (χ1v) is 6.92. The Labute approximate surface area is 112 Å². The van der Waals surface area contributed by atoms with Crippen molar-refractivity contribution in [1.82, 2.24) is 5.32 Å². The van der Waals surface area contributed by atoms with Crippen LogP contribution >= 0.6 is 11.8 Å². The third-order valence-corrected chi connectivity index (χ3v) is 4.37. The van der Waals surface area contributed by atoms with Gasteiger partial charge in [0.1, 0.15) is 0 Å². The molecule has 2 unspecified atom stereocenters. The van der Waals surface area contributed by atoms with Crippen LogP contribution in [0.4, 0.5) is 0 Å². The average Bonchev–Trinajstić information content (AvgIpc) is 2.83. The van der Waals surface area contributed by atoms with Gasteiger partial charge in [-0.2, -0.15) is 0 Å². The van der Waals surface area contributed by atoms with Crippen molar-refractivity contribution in [3.05, 3.63) is 17.7 Å². The minimum atomic E-state index is 0.286. The normalized spacial score (nSPS) is 22.9. The molecule has 1 saturated heterocycles. The lowest BCUT2D eigenvalue weighted by molar-refractivity contribution is 0.323. The molecule has 0 bridgehead atoms. The Morgan fingerprint density at radius 1 is 1.11 bits per heavy atom. The van der Waals surface area contributed by atoms with Gasteiger partial charge in [-0.25, -0.2) is 0 Å². The van der Waals surface area contributed by atoms with Crippen molar-refractivity contribution in [2.75, 3.05) is 27.1 Å². The van der Waals surface area contributed by atoms with Gasteiger partial charge in [-0.05, 0) is 24.6 Å². The molecule has 1 aliphatic rings. The number of ether oxygens (including phenoxy) is 3. The molecule has 0 spiro atoms. The molecular formula is C13H19NO3S. The molecular weight excluding hydrogens is 250 g/mol. The van der Waals surface area contributed by atoms with Gasteiger partial charge >= 0.3 is 0 Å². The van der Waals surface area contributed by atoms with E-state index < -0.39 is 0 Å². The van der Waals surface area contributed by atoms with Gasteiger partial charge in [0, 0.05) is 11.8 Å². The second-order valence-corrected chi connectivity index (χ2v) is 5.38. The van der Waals surface area contributed by atoms with Crippen LogP contribution in [0.5, 0.6) is 17.2 Å². The molecule has 2 rings (SSSR count). The van der Waals surface area contributed by atoms with E-state index in [0.29, 0.717) is 23.3 Å². The maximum absolute atomic E-state index is 5.36. The fourth-order valence-corrected chi connectivity index (χ4v) is 3.27. The third kappa shape index (κ3) is 2.52. The number of benzene rings is 1.